The van der Waals surface area contributed by atoms with E-state index in [1.807, 2.05) is 5.32 Å². The fourth-order valence-electron chi connectivity index (χ4n) is 0.150. The largest absolute Gasteiger partial charge is 3.00 e. The zero-order valence-electron chi connectivity index (χ0n) is 4.92. The summed E-state index contributed by atoms with van der Waals surface area (Å²) in [4.78, 5) is 19.3. The van der Waals surface area contributed by atoms with Crippen molar-refractivity contribution < 1.29 is 47.4 Å². The molecule has 0 aromatic heterocycles. The minimum Gasteiger partial charge on any atom is -0.520 e. The summed E-state index contributed by atoms with van der Waals surface area (Å²) in [6.45, 7) is 1.35. The Morgan fingerprint density at radius 1 is 1.78 bits per heavy atom. The molecule has 1 atom stereocenters. The molecule has 0 saturated heterocycles. The van der Waals surface area contributed by atoms with Gasteiger partial charge in [0.05, 0.1) is 6.04 Å². The molecule has 0 aliphatic heterocycles. The van der Waals surface area contributed by atoms with Gasteiger partial charge in [-0.25, -0.2) is 0 Å². The van der Waals surface area contributed by atoms with Crippen molar-refractivity contribution in [3.05, 3.63) is 0 Å². The van der Waals surface area contributed by atoms with Crippen LogP contribution in [0.1, 0.15) is 6.92 Å². The van der Waals surface area contributed by atoms with E-state index < -0.39 is 12.0 Å². The van der Waals surface area contributed by atoms with Crippen LogP contribution in [-0.4, -0.2) is 23.5 Å². The SMILES string of the molecule is CC(N[C-]=O)C(=O)O.[Y+3]. The molecule has 0 radical (unpaired) electrons. The Kier molecular flexibility index (Phi) is 8.08. The number of hydrogen-bond donors (Lipinski definition) is 2. The Morgan fingerprint density at radius 2 is 2.22 bits per heavy atom. The minimum absolute atomic E-state index is 0. The molecular weight excluding hydrogens is 199 g/mol. The van der Waals surface area contributed by atoms with Crippen LogP contribution in [0.3, 0.4) is 0 Å². The third-order valence-corrected chi connectivity index (χ3v) is 0.646. The van der Waals surface area contributed by atoms with Gasteiger partial charge in [-0.05, 0) is 6.92 Å². The summed E-state index contributed by atoms with van der Waals surface area (Å²) in [6, 6.07) is -0.840. The topological polar surface area (TPSA) is 66.4 Å². The van der Waals surface area contributed by atoms with E-state index in [0.717, 1.165) is 0 Å². The maximum atomic E-state index is 9.85. The van der Waals surface area contributed by atoms with Crippen molar-refractivity contribution in [1.29, 1.82) is 0 Å². The molecule has 5 heteroatoms. The van der Waals surface area contributed by atoms with Crippen molar-refractivity contribution in [2.75, 3.05) is 0 Å². The number of carbonyl (C=O) groups is 1. The smallest absolute Gasteiger partial charge is 0.520 e. The van der Waals surface area contributed by atoms with Crippen molar-refractivity contribution >= 4 is 12.4 Å². The van der Waals surface area contributed by atoms with Crippen LogP contribution in [0.15, 0.2) is 0 Å². The van der Waals surface area contributed by atoms with E-state index in [4.69, 9.17) is 5.11 Å². The Morgan fingerprint density at radius 3 is 2.33 bits per heavy atom. The van der Waals surface area contributed by atoms with Gasteiger partial charge in [-0.1, -0.05) is 0 Å². The fourth-order valence-corrected chi connectivity index (χ4v) is 0.150. The molecule has 1 unspecified atom stereocenters. The van der Waals surface area contributed by atoms with E-state index in [0.29, 0.717) is 0 Å². The Labute approximate surface area is 77.9 Å². The summed E-state index contributed by atoms with van der Waals surface area (Å²) in [5, 5.41) is 10.0. The monoisotopic (exact) mass is 205 g/mol. The van der Waals surface area contributed by atoms with Crippen LogP contribution in [0.2, 0.25) is 0 Å². The van der Waals surface area contributed by atoms with Gasteiger partial charge in [0.2, 0.25) is 0 Å². The second-order valence-electron chi connectivity index (χ2n) is 1.31. The van der Waals surface area contributed by atoms with Crippen molar-refractivity contribution in [1.82, 2.24) is 5.32 Å². The van der Waals surface area contributed by atoms with E-state index in [-0.39, 0.29) is 32.7 Å². The molecule has 4 nitrogen and oxygen atoms in total. The van der Waals surface area contributed by atoms with Crippen LogP contribution < -0.4 is 5.32 Å². The standard InChI is InChI=1S/C4H6NO3.Y/c1-3(4(7)8)5-2-6;/h3H,1H3,(H,5,6)(H,7,8);/q-1;+3. The molecule has 46 valence electrons. The molecule has 0 rings (SSSR count). The van der Waals surface area contributed by atoms with Crippen molar-refractivity contribution in [2.45, 2.75) is 13.0 Å². The summed E-state index contributed by atoms with van der Waals surface area (Å²) in [6.07, 6.45) is 1.27. The number of amides is 1. The molecule has 9 heavy (non-hydrogen) atoms. The van der Waals surface area contributed by atoms with Crippen molar-refractivity contribution in [2.24, 2.45) is 0 Å². The van der Waals surface area contributed by atoms with E-state index in [1.54, 1.807) is 0 Å². The zero-order valence-corrected chi connectivity index (χ0v) is 7.76. The maximum absolute atomic E-state index is 9.85. The van der Waals surface area contributed by atoms with E-state index in [9.17, 15) is 9.59 Å². The maximum Gasteiger partial charge on any atom is 3.00 e. The van der Waals surface area contributed by atoms with Gasteiger partial charge in [-0.2, -0.15) is 6.41 Å². The van der Waals surface area contributed by atoms with Gasteiger partial charge in [0.15, 0.2) is 0 Å². The van der Waals surface area contributed by atoms with Gasteiger partial charge < -0.3 is 15.2 Å². The molecule has 1 amide bonds. The van der Waals surface area contributed by atoms with Gasteiger partial charge in [0.1, 0.15) is 0 Å². The summed E-state index contributed by atoms with van der Waals surface area (Å²) < 4.78 is 0. The van der Waals surface area contributed by atoms with Crippen molar-refractivity contribution in [3.63, 3.8) is 0 Å². The molecule has 0 aromatic carbocycles. The van der Waals surface area contributed by atoms with Gasteiger partial charge in [0.25, 0.3) is 0 Å². The quantitative estimate of drug-likeness (QED) is 0.464. The predicted molar refractivity (Wildman–Crippen MR) is 25.9 cm³/mol. The third-order valence-electron chi connectivity index (χ3n) is 0.646. The molecule has 0 fully saturated rings. The van der Waals surface area contributed by atoms with Crippen LogP contribution in [-0.2, 0) is 42.3 Å². The summed E-state index contributed by atoms with van der Waals surface area (Å²) >= 11 is 0. The summed E-state index contributed by atoms with van der Waals surface area (Å²) in [5.41, 5.74) is 0. The molecular formula is C4H6NO3Y+2. The average Bonchev–Trinajstić information content (AvgIpc) is 1.67. The van der Waals surface area contributed by atoms with Crippen LogP contribution in [0.25, 0.3) is 0 Å². The number of carboxylic acid groups (broad SMARTS) is 1. The first-order chi connectivity index (χ1) is 3.68. The van der Waals surface area contributed by atoms with Gasteiger partial charge in [-0.15, -0.1) is 0 Å². The number of carboxylic acids is 1. The molecule has 0 bridgehead atoms. The van der Waals surface area contributed by atoms with E-state index in [1.165, 1.54) is 13.3 Å². The molecule has 2 N–H and O–H groups in total. The Balaban J connectivity index is 0. The van der Waals surface area contributed by atoms with Crippen LogP contribution in [0.5, 0.6) is 0 Å². The number of aliphatic carboxylic acids is 1. The second kappa shape index (κ2) is 6.17. The summed E-state index contributed by atoms with van der Waals surface area (Å²) in [5.74, 6) is -1.06. The number of hydrogen-bond acceptors (Lipinski definition) is 2. The van der Waals surface area contributed by atoms with E-state index >= 15 is 0 Å². The van der Waals surface area contributed by atoms with Crippen LogP contribution in [0, 0.1) is 0 Å². The molecule has 0 aromatic rings. The van der Waals surface area contributed by atoms with E-state index in [2.05, 4.69) is 0 Å². The van der Waals surface area contributed by atoms with Crippen LogP contribution in [0.4, 0.5) is 0 Å². The first kappa shape index (κ1) is 11.8. The average molecular weight is 205 g/mol. The van der Waals surface area contributed by atoms with Gasteiger partial charge in [-0.3, -0.25) is 4.79 Å². The Bertz CT molecular complexity index is 106. The number of carbonyl (C=O) groups excluding carboxylic acids is 1. The molecule has 0 saturated carbocycles. The normalized spacial score (nSPS) is 10.8. The predicted octanol–water partition coefficient (Wildman–Crippen LogP) is -0.886. The van der Waals surface area contributed by atoms with Gasteiger partial charge >= 0.3 is 38.7 Å². The minimum atomic E-state index is -1.06. The molecule has 0 aliphatic rings. The second-order valence-corrected chi connectivity index (χ2v) is 1.31. The number of rotatable bonds is 3. The molecule has 0 heterocycles. The first-order valence-electron chi connectivity index (χ1n) is 2.04. The zero-order chi connectivity index (χ0) is 6.57. The summed E-state index contributed by atoms with van der Waals surface area (Å²) in [7, 11) is 0. The third kappa shape index (κ3) is 5.92. The first-order valence-corrected chi connectivity index (χ1v) is 2.04. The molecule has 0 spiro atoms. The molecule has 0 aliphatic carbocycles. The fraction of sp³-hybridized carbons (Fsp3) is 0.500. The van der Waals surface area contributed by atoms with Crippen LogP contribution >= 0.6 is 0 Å². The van der Waals surface area contributed by atoms with Crippen molar-refractivity contribution in [3.8, 4) is 0 Å². The Hall–Kier alpha value is 0.0439. The number of nitrogens with one attached hydrogen (secondary N) is 1. The van der Waals surface area contributed by atoms with Gasteiger partial charge in [0, 0.05) is 0 Å².